The Labute approximate surface area is 139 Å². The average molecular weight is 316 g/mol. The molecule has 1 aliphatic heterocycles. The van der Waals surface area contributed by atoms with Crippen molar-refractivity contribution in [3.8, 4) is 0 Å². The lowest BCUT2D eigenvalue weighted by Crippen LogP contribution is -2.41. The van der Waals surface area contributed by atoms with Gasteiger partial charge >= 0.3 is 5.97 Å². The Morgan fingerprint density at radius 1 is 1.13 bits per heavy atom. The molecule has 1 aliphatic rings. The van der Waals surface area contributed by atoms with Gasteiger partial charge in [0.1, 0.15) is 11.4 Å². The largest absolute Gasteiger partial charge is 0.512 e. The van der Waals surface area contributed by atoms with E-state index in [0.29, 0.717) is 12.0 Å². The van der Waals surface area contributed by atoms with Gasteiger partial charge in [0.05, 0.1) is 5.57 Å². The van der Waals surface area contributed by atoms with E-state index in [2.05, 4.69) is 13.8 Å². The first-order valence-electron chi connectivity index (χ1n) is 8.77. The molecule has 0 aromatic heterocycles. The van der Waals surface area contributed by atoms with E-state index in [4.69, 9.17) is 4.74 Å². The highest BCUT2D eigenvalue weighted by Gasteiger charge is 2.42. The van der Waals surface area contributed by atoms with Crippen LogP contribution in [-0.2, 0) is 9.53 Å². The highest BCUT2D eigenvalue weighted by Crippen LogP contribution is 2.41. The maximum Gasteiger partial charge on any atom is 0.338 e. The van der Waals surface area contributed by atoms with Gasteiger partial charge in [-0.25, -0.2) is 4.79 Å². The molecule has 3 heteroatoms. The van der Waals surface area contributed by atoms with Crippen molar-refractivity contribution >= 4 is 5.97 Å². The molecule has 0 saturated heterocycles. The summed E-state index contributed by atoms with van der Waals surface area (Å²) in [5.41, 5.74) is 0.969. The maximum atomic E-state index is 12.7. The molecule has 3 nitrogen and oxygen atoms in total. The van der Waals surface area contributed by atoms with Crippen LogP contribution >= 0.6 is 0 Å². The molecule has 0 radical (unpaired) electrons. The van der Waals surface area contributed by atoms with Crippen LogP contribution in [-0.4, -0.2) is 16.7 Å². The van der Waals surface area contributed by atoms with E-state index in [9.17, 15) is 9.90 Å². The van der Waals surface area contributed by atoms with Crippen molar-refractivity contribution in [2.75, 3.05) is 0 Å². The van der Waals surface area contributed by atoms with Crippen LogP contribution in [0.5, 0.6) is 0 Å². The third kappa shape index (κ3) is 3.77. The SMILES string of the molecule is CCCC1(CCC)CC(O)=C(C(CC)c2ccccc2)C(=O)O1. The predicted molar refractivity (Wildman–Crippen MR) is 92.4 cm³/mol. The molecule has 0 spiro atoms. The van der Waals surface area contributed by atoms with Crippen LogP contribution in [0.2, 0.25) is 0 Å². The van der Waals surface area contributed by atoms with Crippen molar-refractivity contribution in [3.05, 3.63) is 47.2 Å². The van der Waals surface area contributed by atoms with E-state index in [1.54, 1.807) is 0 Å². The Bertz CT molecular complexity index is 554. The highest BCUT2D eigenvalue weighted by atomic mass is 16.6. The Balaban J connectivity index is 2.37. The number of hydrogen-bond donors (Lipinski definition) is 1. The molecule has 0 aliphatic carbocycles. The van der Waals surface area contributed by atoms with Gasteiger partial charge in [-0.2, -0.15) is 0 Å². The summed E-state index contributed by atoms with van der Waals surface area (Å²) in [4.78, 5) is 12.7. The lowest BCUT2D eigenvalue weighted by molar-refractivity contribution is -0.161. The van der Waals surface area contributed by atoms with Crippen LogP contribution in [0.25, 0.3) is 0 Å². The van der Waals surface area contributed by atoms with Crippen LogP contribution in [0.4, 0.5) is 0 Å². The normalized spacial score (nSPS) is 18.7. The topological polar surface area (TPSA) is 46.5 Å². The fraction of sp³-hybridized carbons (Fsp3) is 0.550. The first-order chi connectivity index (χ1) is 11.1. The molecule has 1 atom stereocenters. The number of carbonyl (C=O) groups excluding carboxylic acids is 1. The molecule has 1 aromatic rings. The molecular formula is C20H28O3. The number of rotatable bonds is 7. The third-order valence-corrected chi connectivity index (χ3v) is 4.70. The van der Waals surface area contributed by atoms with E-state index in [1.165, 1.54) is 0 Å². The van der Waals surface area contributed by atoms with E-state index in [-0.39, 0.29) is 17.6 Å². The van der Waals surface area contributed by atoms with Crippen molar-refractivity contribution in [2.45, 2.75) is 70.8 Å². The minimum absolute atomic E-state index is 0.107. The van der Waals surface area contributed by atoms with E-state index < -0.39 is 5.60 Å². The van der Waals surface area contributed by atoms with Crippen LogP contribution < -0.4 is 0 Å². The number of hydrogen-bond acceptors (Lipinski definition) is 3. The number of benzene rings is 1. The molecule has 0 fully saturated rings. The van der Waals surface area contributed by atoms with E-state index >= 15 is 0 Å². The number of aliphatic hydroxyl groups is 1. The number of aliphatic hydroxyl groups excluding tert-OH is 1. The van der Waals surface area contributed by atoms with Crippen molar-refractivity contribution < 1.29 is 14.6 Å². The summed E-state index contributed by atoms with van der Waals surface area (Å²) >= 11 is 0. The molecule has 0 saturated carbocycles. The van der Waals surface area contributed by atoms with Gasteiger partial charge in [-0.3, -0.25) is 0 Å². The number of carbonyl (C=O) groups is 1. The zero-order valence-corrected chi connectivity index (χ0v) is 14.5. The first-order valence-corrected chi connectivity index (χ1v) is 8.77. The van der Waals surface area contributed by atoms with Crippen molar-refractivity contribution in [2.24, 2.45) is 0 Å². The molecule has 1 unspecified atom stereocenters. The second-order valence-electron chi connectivity index (χ2n) is 6.48. The quantitative estimate of drug-likeness (QED) is 0.696. The minimum Gasteiger partial charge on any atom is -0.512 e. The lowest BCUT2D eigenvalue weighted by Gasteiger charge is -2.38. The van der Waals surface area contributed by atoms with Gasteiger partial charge in [0, 0.05) is 12.3 Å². The van der Waals surface area contributed by atoms with E-state index in [1.807, 2.05) is 37.3 Å². The summed E-state index contributed by atoms with van der Waals surface area (Å²) < 4.78 is 5.89. The fourth-order valence-electron chi connectivity index (χ4n) is 3.76. The summed E-state index contributed by atoms with van der Waals surface area (Å²) in [5, 5.41) is 10.7. The fourth-order valence-corrected chi connectivity index (χ4v) is 3.76. The molecule has 1 N–H and O–H groups in total. The van der Waals surface area contributed by atoms with Crippen LogP contribution in [0.1, 0.15) is 70.8 Å². The summed E-state index contributed by atoms with van der Waals surface area (Å²) in [6.07, 6.45) is 4.67. The molecular weight excluding hydrogens is 288 g/mol. The molecule has 0 amide bonds. The summed E-state index contributed by atoms with van der Waals surface area (Å²) in [6, 6.07) is 9.88. The first kappa shape index (κ1) is 17.6. The average Bonchev–Trinajstić information content (AvgIpc) is 2.52. The smallest absolute Gasteiger partial charge is 0.338 e. The Morgan fingerprint density at radius 3 is 2.22 bits per heavy atom. The Hall–Kier alpha value is -1.77. The van der Waals surface area contributed by atoms with Gasteiger partial charge in [-0.05, 0) is 24.8 Å². The number of ether oxygens (including phenoxy) is 1. The minimum atomic E-state index is -0.525. The number of esters is 1. The standard InChI is InChI=1S/C20H28O3/c1-4-12-20(13-5-2)14-17(21)18(19(22)23-20)16(6-3)15-10-8-7-9-11-15/h7-11,16,21H,4-6,12-14H2,1-3H3. The Kier molecular flexibility index (Phi) is 5.86. The monoisotopic (exact) mass is 316 g/mol. The van der Waals surface area contributed by atoms with E-state index in [0.717, 1.165) is 37.7 Å². The third-order valence-electron chi connectivity index (χ3n) is 4.70. The number of cyclic esters (lactones) is 1. The molecule has 2 rings (SSSR count). The summed E-state index contributed by atoms with van der Waals surface area (Å²) in [5.74, 6) is -0.227. The highest BCUT2D eigenvalue weighted by molar-refractivity contribution is 5.92. The molecule has 1 heterocycles. The van der Waals surface area contributed by atoms with Crippen molar-refractivity contribution in [1.82, 2.24) is 0 Å². The van der Waals surface area contributed by atoms with Gasteiger partial charge in [-0.1, -0.05) is 63.9 Å². The molecule has 0 bridgehead atoms. The van der Waals surface area contributed by atoms with Gasteiger partial charge in [0.25, 0.3) is 0 Å². The second kappa shape index (κ2) is 7.67. The summed E-state index contributed by atoms with van der Waals surface area (Å²) in [6.45, 7) is 6.20. The molecule has 126 valence electrons. The zero-order chi connectivity index (χ0) is 16.9. The van der Waals surface area contributed by atoms with Gasteiger partial charge in [0.15, 0.2) is 0 Å². The maximum absolute atomic E-state index is 12.7. The van der Waals surface area contributed by atoms with Crippen LogP contribution in [0, 0.1) is 0 Å². The van der Waals surface area contributed by atoms with Crippen molar-refractivity contribution in [3.63, 3.8) is 0 Å². The Morgan fingerprint density at radius 2 is 1.74 bits per heavy atom. The molecule has 1 aromatic carbocycles. The van der Waals surface area contributed by atoms with Gasteiger partial charge < -0.3 is 9.84 Å². The van der Waals surface area contributed by atoms with Crippen LogP contribution in [0.15, 0.2) is 41.7 Å². The zero-order valence-electron chi connectivity index (χ0n) is 14.5. The van der Waals surface area contributed by atoms with Gasteiger partial charge in [-0.15, -0.1) is 0 Å². The predicted octanol–water partition coefficient (Wildman–Crippen LogP) is 5.28. The van der Waals surface area contributed by atoms with Crippen molar-refractivity contribution in [1.29, 1.82) is 0 Å². The van der Waals surface area contributed by atoms with Crippen LogP contribution in [0.3, 0.4) is 0 Å². The van der Waals surface area contributed by atoms with Gasteiger partial charge in [0.2, 0.25) is 0 Å². The summed E-state index contributed by atoms with van der Waals surface area (Å²) in [7, 11) is 0. The second-order valence-corrected chi connectivity index (χ2v) is 6.48. The lowest BCUT2D eigenvalue weighted by atomic mass is 9.80. The molecule has 23 heavy (non-hydrogen) atoms.